The summed E-state index contributed by atoms with van der Waals surface area (Å²) in [5.41, 5.74) is 10.0. The molecule has 8 amide bonds. The van der Waals surface area contributed by atoms with Crippen LogP contribution < -0.4 is 16.8 Å². The summed E-state index contributed by atoms with van der Waals surface area (Å²) in [6, 6.07) is -1.54. The second-order valence-corrected chi connectivity index (χ2v) is 13.0. The Bertz CT molecular complexity index is 1240. The van der Waals surface area contributed by atoms with Gasteiger partial charge in [-0.1, -0.05) is 6.42 Å². The van der Waals surface area contributed by atoms with Crippen molar-refractivity contribution in [2.24, 2.45) is 22.8 Å². The summed E-state index contributed by atoms with van der Waals surface area (Å²) in [5.74, 6) is -1.87. The van der Waals surface area contributed by atoms with Crippen LogP contribution >= 0.6 is 0 Å². The second kappa shape index (κ2) is 9.73. The van der Waals surface area contributed by atoms with Gasteiger partial charge in [0.25, 0.3) is 17.7 Å². The lowest BCUT2D eigenvalue weighted by Crippen LogP contribution is -2.67. The first-order valence-corrected chi connectivity index (χ1v) is 14.8. The molecule has 0 aromatic carbocycles. The van der Waals surface area contributed by atoms with E-state index in [0.717, 1.165) is 37.0 Å². The topological polar surface area (TPSA) is 179 Å². The zero-order valence-electron chi connectivity index (χ0n) is 23.5. The van der Waals surface area contributed by atoms with E-state index in [1.165, 1.54) is 16.8 Å². The van der Waals surface area contributed by atoms with Gasteiger partial charge < -0.3 is 21.7 Å². The van der Waals surface area contributed by atoms with Crippen molar-refractivity contribution in [3.8, 4) is 0 Å². The van der Waals surface area contributed by atoms with Gasteiger partial charge in [-0.25, -0.2) is 9.59 Å². The molecule has 41 heavy (non-hydrogen) atoms. The van der Waals surface area contributed by atoms with Crippen molar-refractivity contribution >= 4 is 35.7 Å². The smallest absolute Gasteiger partial charge is 0.334 e. The Balaban J connectivity index is 1.16. The van der Waals surface area contributed by atoms with E-state index >= 15 is 0 Å². The fourth-order valence-corrected chi connectivity index (χ4v) is 8.04. The summed E-state index contributed by atoms with van der Waals surface area (Å²) in [4.78, 5) is 83.4. The van der Waals surface area contributed by atoms with Gasteiger partial charge >= 0.3 is 12.1 Å². The number of nitrogens with one attached hydrogen (secondary N) is 1. The Kier molecular flexibility index (Phi) is 6.53. The molecule has 0 unspecified atom stereocenters. The minimum Gasteiger partial charge on any atom is -0.385 e. The third kappa shape index (κ3) is 4.26. The molecule has 13 heteroatoms. The number of barbiturate groups is 1. The van der Waals surface area contributed by atoms with Crippen LogP contribution in [0.25, 0.3) is 0 Å². The van der Waals surface area contributed by atoms with Gasteiger partial charge in [-0.2, -0.15) is 0 Å². The molecule has 2 spiro atoms. The van der Waals surface area contributed by atoms with E-state index in [1.807, 2.05) is 0 Å². The maximum atomic E-state index is 13.5. The molecule has 0 radical (unpaired) electrons. The van der Waals surface area contributed by atoms with Crippen LogP contribution in [-0.2, 0) is 19.2 Å². The fraction of sp³-hybridized carbons (Fsp3) is 0.714. The number of urea groups is 2. The lowest BCUT2D eigenvalue weighted by molar-refractivity contribution is -0.151. The predicted molar refractivity (Wildman–Crippen MR) is 144 cm³/mol. The van der Waals surface area contributed by atoms with E-state index in [0.29, 0.717) is 51.5 Å². The van der Waals surface area contributed by atoms with E-state index in [2.05, 4.69) is 5.32 Å². The average molecular weight is 570 g/mol. The van der Waals surface area contributed by atoms with Crippen LogP contribution in [0.2, 0.25) is 0 Å². The summed E-state index contributed by atoms with van der Waals surface area (Å²) >= 11 is 0. The number of piperidine rings is 1. The van der Waals surface area contributed by atoms with Crippen molar-refractivity contribution in [3.05, 3.63) is 11.4 Å². The summed E-state index contributed by atoms with van der Waals surface area (Å²) in [6.45, 7) is 0.551. The highest BCUT2D eigenvalue weighted by Crippen LogP contribution is 2.61. The van der Waals surface area contributed by atoms with Gasteiger partial charge in [0, 0.05) is 38.6 Å². The number of nitrogens with two attached hydrogens (primary N) is 2. The van der Waals surface area contributed by atoms with Gasteiger partial charge in [0.1, 0.15) is 16.9 Å². The first kappa shape index (κ1) is 27.5. The molecule has 3 heterocycles. The van der Waals surface area contributed by atoms with E-state index in [1.54, 1.807) is 4.90 Å². The standard InChI is InChI=1S/C28H39N7O6/c1-32-24(39)28(34(25(32)40)13-17-6-3-7-19(36)31-17)14-27(15-28)10-8-18(9-11-27)35-23(38)20(21(29)30)22(37)33(26(35)41)12-16-4-2-5-16/h16-18H,2-15,29-30H2,1H3,(H,31,36)/t17-,18?,27?,28?/m1/s1. The summed E-state index contributed by atoms with van der Waals surface area (Å²) in [6.07, 6.45) is 8.30. The number of carbonyl (C=O) groups excluding carboxylic acids is 6. The van der Waals surface area contributed by atoms with Crippen LogP contribution in [0.1, 0.15) is 77.0 Å². The molecule has 3 saturated heterocycles. The average Bonchev–Trinajstić information content (AvgIpc) is 3.04. The zero-order chi connectivity index (χ0) is 29.3. The molecule has 5 N–H and O–H groups in total. The van der Waals surface area contributed by atoms with Gasteiger partial charge in [-0.3, -0.25) is 33.9 Å². The van der Waals surface area contributed by atoms with Gasteiger partial charge in [-0.05, 0) is 75.5 Å². The molecule has 3 saturated carbocycles. The number of hydrogen-bond donors (Lipinski definition) is 3. The van der Waals surface area contributed by atoms with Crippen LogP contribution in [0.4, 0.5) is 9.59 Å². The quantitative estimate of drug-likeness (QED) is 0.246. The molecule has 13 nitrogen and oxygen atoms in total. The number of imide groups is 3. The van der Waals surface area contributed by atoms with E-state index in [-0.39, 0.29) is 53.2 Å². The molecule has 0 aromatic rings. The Hall–Kier alpha value is -3.64. The van der Waals surface area contributed by atoms with Crippen molar-refractivity contribution in [1.29, 1.82) is 0 Å². The molecule has 222 valence electrons. The summed E-state index contributed by atoms with van der Waals surface area (Å²) in [7, 11) is 1.51. The fourth-order valence-electron chi connectivity index (χ4n) is 8.04. The molecule has 3 aliphatic heterocycles. The molecule has 6 rings (SSSR count). The maximum absolute atomic E-state index is 13.5. The van der Waals surface area contributed by atoms with Crippen LogP contribution in [-0.4, -0.2) is 93.1 Å². The molecule has 0 bridgehead atoms. The predicted octanol–water partition coefficient (Wildman–Crippen LogP) is 0.731. The lowest BCUT2D eigenvalue weighted by Gasteiger charge is -2.59. The van der Waals surface area contributed by atoms with Crippen molar-refractivity contribution < 1.29 is 28.8 Å². The third-order valence-electron chi connectivity index (χ3n) is 10.5. The Labute approximate surface area is 238 Å². The normalized spacial score (nSPS) is 34.5. The lowest BCUT2D eigenvalue weighted by atomic mass is 9.51. The highest BCUT2D eigenvalue weighted by Gasteiger charge is 2.68. The van der Waals surface area contributed by atoms with Gasteiger partial charge in [0.05, 0.1) is 0 Å². The van der Waals surface area contributed by atoms with E-state index in [9.17, 15) is 28.8 Å². The van der Waals surface area contributed by atoms with E-state index < -0.39 is 29.4 Å². The van der Waals surface area contributed by atoms with Crippen molar-refractivity contribution in [3.63, 3.8) is 0 Å². The molecular weight excluding hydrogens is 530 g/mol. The molecule has 0 aromatic heterocycles. The molecule has 3 aliphatic carbocycles. The number of rotatable bonds is 5. The number of nitrogens with zero attached hydrogens (tertiary/aromatic N) is 4. The maximum Gasteiger partial charge on any atom is 0.334 e. The largest absolute Gasteiger partial charge is 0.385 e. The first-order valence-electron chi connectivity index (χ1n) is 14.8. The minimum atomic E-state index is -0.923. The number of likely N-dealkylation sites (N-methyl/N-ethyl adjacent to an activating group) is 1. The number of carbonyl (C=O) groups is 6. The van der Waals surface area contributed by atoms with Gasteiger partial charge in [-0.15, -0.1) is 0 Å². The second-order valence-electron chi connectivity index (χ2n) is 13.0. The molecule has 6 aliphatic rings. The van der Waals surface area contributed by atoms with Crippen LogP contribution in [0.15, 0.2) is 11.4 Å². The van der Waals surface area contributed by atoms with E-state index in [4.69, 9.17) is 11.5 Å². The third-order valence-corrected chi connectivity index (χ3v) is 10.5. The highest BCUT2D eigenvalue weighted by molar-refractivity contribution is 6.29. The van der Waals surface area contributed by atoms with Gasteiger partial charge in [0.2, 0.25) is 5.91 Å². The van der Waals surface area contributed by atoms with Crippen LogP contribution in [0.5, 0.6) is 0 Å². The van der Waals surface area contributed by atoms with Crippen molar-refractivity contribution in [2.45, 2.75) is 94.7 Å². The molecule has 1 atom stereocenters. The Morgan fingerprint density at radius 2 is 1.56 bits per heavy atom. The Morgan fingerprint density at radius 1 is 0.878 bits per heavy atom. The molecular formula is C28H39N7O6. The minimum absolute atomic E-state index is 0.0332. The Morgan fingerprint density at radius 3 is 2.15 bits per heavy atom. The SMILES string of the molecule is CN1C(=O)N(C[C@H]2CCCC(=O)N2)C2(CC3(CCC(N4C(=O)C(=C(N)N)C(=O)N(CC5CCC5)C4=O)CC3)C2)C1=O. The summed E-state index contributed by atoms with van der Waals surface area (Å²) < 4.78 is 0. The van der Waals surface area contributed by atoms with Crippen LogP contribution in [0.3, 0.4) is 0 Å². The van der Waals surface area contributed by atoms with Gasteiger partial charge in [0.15, 0.2) is 0 Å². The van der Waals surface area contributed by atoms with Crippen LogP contribution in [0, 0.1) is 11.3 Å². The molecule has 6 fully saturated rings. The van der Waals surface area contributed by atoms with Crippen molar-refractivity contribution in [1.82, 2.24) is 24.9 Å². The summed E-state index contributed by atoms with van der Waals surface area (Å²) in [5, 5.41) is 2.96. The van der Waals surface area contributed by atoms with Crippen molar-refractivity contribution in [2.75, 3.05) is 20.1 Å². The monoisotopic (exact) mass is 569 g/mol. The zero-order valence-corrected chi connectivity index (χ0v) is 23.5. The highest BCUT2D eigenvalue weighted by atomic mass is 16.2. The number of amides is 8. The number of hydrogen-bond acceptors (Lipinski definition) is 8. The first-order chi connectivity index (χ1) is 19.5.